The molecule has 1 fully saturated rings. The summed E-state index contributed by atoms with van der Waals surface area (Å²) >= 11 is 0. The number of carbonyl (C=O) groups is 1. The molecule has 5 heteroatoms. The lowest BCUT2D eigenvalue weighted by Crippen LogP contribution is -2.51. The van der Waals surface area contributed by atoms with E-state index in [1.807, 2.05) is 20.8 Å². The number of hydrogen-bond acceptors (Lipinski definition) is 4. The molecule has 0 saturated carbocycles. The molecule has 0 radical (unpaired) electrons. The molecule has 1 saturated heterocycles. The van der Waals surface area contributed by atoms with Gasteiger partial charge in [-0.05, 0) is 40.2 Å². The van der Waals surface area contributed by atoms with Crippen LogP contribution in [0.3, 0.4) is 0 Å². The highest BCUT2D eigenvalue weighted by molar-refractivity contribution is 5.93. The van der Waals surface area contributed by atoms with Crippen LogP contribution in [0, 0.1) is 0 Å². The second-order valence-electron chi connectivity index (χ2n) is 6.43. The molecule has 0 bridgehead atoms. The van der Waals surface area contributed by atoms with E-state index in [-0.39, 0.29) is 6.09 Å². The van der Waals surface area contributed by atoms with Crippen LogP contribution in [0.1, 0.15) is 34.1 Å². The number of piperazine rings is 1. The second kappa shape index (κ2) is 5.85. The van der Waals surface area contributed by atoms with Crippen LogP contribution in [0.2, 0.25) is 0 Å². The van der Waals surface area contributed by atoms with Gasteiger partial charge in [-0.1, -0.05) is 6.08 Å². The van der Waals surface area contributed by atoms with Crippen LogP contribution in [0.25, 0.3) is 0 Å². The quantitative estimate of drug-likeness (QED) is 0.683. The summed E-state index contributed by atoms with van der Waals surface area (Å²) in [5.41, 5.74) is -0.431. The van der Waals surface area contributed by atoms with Gasteiger partial charge in [-0.3, -0.25) is 4.99 Å². The van der Waals surface area contributed by atoms with Crippen molar-refractivity contribution >= 4 is 11.9 Å². The SMILES string of the molecule is CC1CC=CC(N2CCN(C(=O)OC(C)(C)C)CC2)=N1. The minimum absolute atomic E-state index is 0.216. The van der Waals surface area contributed by atoms with E-state index in [1.165, 1.54) is 0 Å². The van der Waals surface area contributed by atoms with Gasteiger partial charge < -0.3 is 14.5 Å². The topological polar surface area (TPSA) is 45.1 Å². The molecule has 1 amide bonds. The van der Waals surface area contributed by atoms with Crippen LogP contribution in [0.5, 0.6) is 0 Å². The first-order valence-electron chi connectivity index (χ1n) is 7.32. The van der Waals surface area contributed by atoms with Gasteiger partial charge in [-0.2, -0.15) is 0 Å². The first-order chi connectivity index (χ1) is 9.35. The molecule has 0 spiro atoms. The molecule has 2 aliphatic rings. The minimum Gasteiger partial charge on any atom is -0.444 e. The molecule has 2 rings (SSSR count). The number of carbonyl (C=O) groups excluding carboxylic acids is 1. The van der Waals surface area contributed by atoms with E-state index < -0.39 is 5.60 Å². The summed E-state index contributed by atoms with van der Waals surface area (Å²) in [6.07, 6.45) is 5.06. The number of aliphatic imine (C=N–C) groups is 1. The van der Waals surface area contributed by atoms with Crippen LogP contribution in [0.15, 0.2) is 17.1 Å². The van der Waals surface area contributed by atoms with Crippen molar-refractivity contribution < 1.29 is 9.53 Å². The lowest BCUT2D eigenvalue weighted by molar-refractivity contribution is 0.0187. The monoisotopic (exact) mass is 279 g/mol. The number of ether oxygens (including phenoxy) is 1. The molecule has 0 aliphatic carbocycles. The van der Waals surface area contributed by atoms with Gasteiger partial charge in [-0.25, -0.2) is 4.79 Å². The third-order valence-corrected chi connectivity index (χ3v) is 3.35. The third kappa shape index (κ3) is 3.99. The van der Waals surface area contributed by atoms with Gasteiger partial charge in [0, 0.05) is 26.2 Å². The fourth-order valence-corrected chi connectivity index (χ4v) is 2.32. The van der Waals surface area contributed by atoms with E-state index in [0.29, 0.717) is 19.1 Å². The van der Waals surface area contributed by atoms with Gasteiger partial charge in [-0.15, -0.1) is 0 Å². The van der Waals surface area contributed by atoms with Crippen LogP contribution in [-0.4, -0.2) is 59.6 Å². The molecule has 1 unspecified atom stereocenters. The summed E-state index contributed by atoms with van der Waals surface area (Å²) in [6, 6.07) is 0.360. The minimum atomic E-state index is -0.431. The van der Waals surface area contributed by atoms with Crippen LogP contribution >= 0.6 is 0 Å². The molecule has 2 heterocycles. The summed E-state index contributed by atoms with van der Waals surface area (Å²) in [5, 5.41) is 0. The van der Waals surface area contributed by atoms with E-state index >= 15 is 0 Å². The van der Waals surface area contributed by atoms with Crippen molar-refractivity contribution in [1.29, 1.82) is 0 Å². The van der Waals surface area contributed by atoms with Crippen molar-refractivity contribution in [3.8, 4) is 0 Å². The van der Waals surface area contributed by atoms with E-state index in [1.54, 1.807) is 4.90 Å². The Bertz CT molecular complexity index is 415. The van der Waals surface area contributed by atoms with E-state index in [2.05, 4.69) is 29.0 Å². The Morgan fingerprint density at radius 1 is 1.30 bits per heavy atom. The molecule has 0 aromatic carbocycles. The number of nitrogens with zero attached hydrogens (tertiary/aromatic N) is 3. The largest absolute Gasteiger partial charge is 0.444 e. The molecule has 5 nitrogen and oxygen atoms in total. The average Bonchev–Trinajstić information content (AvgIpc) is 2.37. The smallest absolute Gasteiger partial charge is 0.410 e. The summed E-state index contributed by atoms with van der Waals surface area (Å²) in [6.45, 7) is 10.8. The highest BCUT2D eigenvalue weighted by Gasteiger charge is 2.26. The first kappa shape index (κ1) is 14.9. The first-order valence-corrected chi connectivity index (χ1v) is 7.32. The van der Waals surface area contributed by atoms with Crippen LogP contribution < -0.4 is 0 Å². The van der Waals surface area contributed by atoms with Crippen molar-refractivity contribution in [2.45, 2.75) is 45.8 Å². The third-order valence-electron chi connectivity index (χ3n) is 3.35. The summed E-state index contributed by atoms with van der Waals surface area (Å²) in [7, 11) is 0. The molecule has 1 atom stereocenters. The number of amidine groups is 1. The van der Waals surface area contributed by atoms with Crippen LogP contribution in [0.4, 0.5) is 4.79 Å². The Hall–Kier alpha value is -1.52. The lowest BCUT2D eigenvalue weighted by Gasteiger charge is -2.37. The van der Waals surface area contributed by atoms with Crippen molar-refractivity contribution in [2.24, 2.45) is 4.99 Å². The average molecular weight is 279 g/mol. The predicted molar refractivity (Wildman–Crippen MR) is 80.0 cm³/mol. The Kier molecular flexibility index (Phi) is 4.35. The molecule has 112 valence electrons. The van der Waals surface area contributed by atoms with Crippen molar-refractivity contribution in [1.82, 2.24) is 9.80 Å². The maximum Gasteiger partial charge on any atom is 0.410 e. The van der Waals surface area contributed by atoms with E-state index in [0.717, 1.165) is 25.3 Å². The maximum atomic E-state index is 12.0. The fourth-order valence-electron chi connectivity index (χ4n) is 2.32. The van der Waals surface area contributed by atoms with Gasteiger partial charge in [0.15, 0.2) is 0 Å². The maximum absolute atomic E-state index is 12.0. The molecular formula is C15H25N3O2. The molecule has 0 aromatic rings. The molecule has 0 N–H and O–H groups in total. The second-order valence-corrected chi connectivity index (χ2v) is 6.43. The highest BCUT2D eigenvalue weighted by Crippen LogP contribution is 2.14. The van der Waals surface area contributed by atoms with E-state index in [4.69, 9.17) is 4.74 Å². The molecule has 20 heavy (non-hydrogen) atoms. The van der Waals surface area contributed by atoms with Gasteiger partial charge >= 0.3 is 6.09 Å². The number of rotatable bonds is 0. The predicted octanol–water partition coefficient (Wildman–Crippen LogP) is 2.29. The standard InChI is InChI=1S/C15H25N3O2/c1-12-6-5-7-13(16-12)17-8-10-18(11-9-17)14(19)20-15(2,3)4/h5,7,12H,6,8-11H2,1-4H3. The molecule has 0 aromatic heterocycles. The summed E-state index contributed by atoms with van der Waals surface area (Å²) in [5.74, 6) is 1.05. The zero-order chi connectivity index (χ0) is 14.8. The normalized spacial score (nSPS) is 23.6. The number of amides is 1. The number of dihydropyridines is 1. The van der Waals surface area contributed by atoms with Gasteiger partial charge in [0.05, 0.1) is 6.04 Å². The molecular weight excluding hydrogens is 254 g/mol. The van der Waals surface area contributed by atoms with Crippen molar-refractivity contribution in [2.75, 3.05) is 26.2 Å². The lowest BCUT2D eigenvalue weighted by atomic mass is 10.1. The number of hydrogen-bond donors (Lipinski definition) is 0. The van der Waals surface area contributed by atoms with Gasteiger partial charge in [0.25, 0.3) is 0 Å². The Morgan fingerprint density at radius 2 is 1.95 bits per heavy atom. The fraction of sp³-hybridized carbons (Fsp3) is 0.733. The Morgan fingerprint density at radius 3 is 2.50 bits per heavy atom. The van der Waals surface area contributed by atoms with E-state index in [9.17, 15) is 4.79 Å². The zero-order valence-electron chi connectivity index (χ0n) is 12.9. The Balaban J connectivity index is 1.86. The van der Waals surface area contributed by atoms with Crippen molar-refractivity contribution in [3.63, 3.8) is 0 Å². The summed E-state index contributed by atoms with van der Waals surface area (Å²) < 4.78 is 5.40. The van der Waals surface area contributed by atoms with Crippen LogP contribution in [-0.2, 0) is 4.74 Å². The zero-order valence-corrected chi connectivity index (χ0v) is 12.9. The Labute approximate surface area is 121 Å². The van der Waals surface area contributed by atoms with Crippen molar-refractivity contribution in [3.05, 3.63) is 12.2 Å². The van der Waals surface area contributed by atoms with Gasteiger partial charge in [0.1, 0.15) is 11.4 Å². The summed E-state index contributed by atoms with van der Waals surface area (Å²) in [4.78, 5) is 20.7. The molecule has 2 aliphatic heterocycles. The highest BCUT2D eigenvalue weighted by atomic mass is 16.6. The van der Waals surface area contributed by atoms with Gasteiger partial charge in [0.2, 0.25) is 0 Å².